The Morgan fingerprint density at radius 3 is 2.45 bits per heavy atom. The normalized spacial score (nSPS) is 19.3. The summed E-state index contributed by atoms with van der Waals surface area (Å²) in [7, 11) is 0. The van der Waals surface area contributed by atoms with Crippen LogP contribution in [0.1, 0.15) is 11.3 Å². The van der Waals surface area contributed by atoms with Gasteiger partial charge >= 0.3 is 12.0 Å². The van der Waals surface area contributed by atoms with E-state index in [0.717, 1.165) is 11.9 Å². The van der Waals surface area contributed by atoms with Gasteiger partial charge in [0.1, 0.15) is 6.33 Å². The zero-order valence-electron chi connectivity index (χ0n) is 10.2. The summed E-state index contributed by atoms with van der Waals surface area (Å²) in [5, 5.41) is 0. The molecule has 2 heterocycles. The molecule has 1 aliphatic heterocycles. The Balaban J connectivity index is 2.06. The van der Waals surface area contributed by atoms with E-state index < -0.39 is 12.0 Å². The predicted octanol–water partition coefficient (Wildman–Crippen LogP) is 3.71. The quantitative estimate of drug-likeness (QED) is 0.768. The van der Waals surface area contributed by atoms with E-state index in [1.807, 2.05) is 0 Å². The van der Waals surface area contributed by atoms with Crippen molar-refractivity contribution < 1.29 is 17.6 Å². The molecular weight excluding hydrogens is 272 g/mol. The molecule has 0 fully saturated rings. The topological polar surface area (TPSA) is 17.8 Å². The Morgan fingerprint density at radius 1 is 1.05 bits per heavy atom. The second-order valence-corrected chi connectivity index (χ2v) is 4.65. The average molecular weight is 282 g/mol. The molecule has 0 saturated carbocycles. The average Bonchev–Trinajstić information content (AvgIpc) is 2.87. The molecule has 0 atom stereocenters. The first-order valence-corrected chi connectivity index (χ1v) is 5.96. The molecule has 104 valence electrons. The van der Waals surface area contributed by atoms with Gasteiger partial charge in [-0.3, -0.25) is 4.57 Å². The first-order chi connectivity index (χ1) is 9.42. The summed E-state index contributed by atoms with van der Waals surface area (Å²) in [5.41, 5.74) is 0.932. The molecule has 0 saturated heterocycles. The van der Waals surface area contributed by atoms with Crippen molar-refractivity contribution in [1.29, 1.82) is 0 Å². The molecule has 1 aliphatic rings. The molecule has 1 aromatic carbocycles. The van der Waals surface area contributed by atoms with E-state index in [4.69, 9.17) is 0 Å². The van der Waals surface area contributed by atoms with Gasteiger partial charge in [0.25, 0.3) is 0 Å². The fourth-order valence-electron chi connectivity index (χ4n) is 2.25. The summed E-state index contributed by atoms with van der Waals surface area (Å²) in [6, 6.07) is 4.55. The van der Waals surface area contributed by atoms with Gasteiger partial charge < -0.3 is 0 Å². The van der Waals surface area contributed by atoms with Crippen molar-refractivity contribution in [2.75, 3.05) is 0 Å². The van der Waals surface area contributed by atoms with Crippen LogP contribution in [-0.2, 0) is 12.5 Å². The van der Waals surface area contributed by atoms with Crippen molar-refractivity contribution in [3.05, 3.63) is 60.2 Å². The number of hydrogen-bond acceptors (Lipinski definition) is 1. The zero-order valence-corrected chi connectivity index (χ0v) is 10.2. The highest BCUT2D eigenvalue weighted by molar-refractivity contribution is 5.67. The zero-order chi connectivity index (χ0) is 14.4. The van der Waals surface area contributed by atoms with Gasteiger partial charge in [0.2, 0.25) is 0 Å². The van der Waals surface area contributed by atoms with Gasteiger partial charge in [-0.1, -0.05) is 30.3 Å². The number of allylic oxidation sites excluding steroid dienone is 2. The van der Waals surface area contributed by atoms with Gasteiger partial charge in [0.05, 0.1) is 11.9 Å². The van der Waals surface area contributed by atoms with E-state index in [1.165, 1.54) is 6.20 Å². The van der Waals surface area contributed by atoms with Crippen molar-refractivity contribution in [2.45, 2.75) is 18.4 Å². The Morgan fingerprint density at radius 2 is 1.75 bits per heavy atom. The number of imidazole rings is 1. The summed E-state index contributed by atoms with van der Waals surface area (Å²) < 4.78 is 54.8. The Bertz CT molecular complexity index is 659. The summed E-state index contributed by atoms with van der Waals surface area (Å²) in [6.07, 6.45) is 2.41. The maximum atomic E-state index is 13.6. The molecule has 0 N–H and O–H groups in total. The maximum Gasteiger partial charge on any atom is 0.397 e. The van der Waals surface area contributed by atoms with Crippen molar-refractivity contribution in [2.24, 2.45) is 0 Å². The highest BCUT2D eigenvalue weighted by atomic mass is 19.3. The van der Waals surface area contributed by atoms with Gasteiger partial charge in [-0.25, -0.2) is 4.98 Å². The standard InChI is InChI=1S/C14H10F4N2/c15-13(16)7-11(6-10-4-2-1-3-5-10)12-8-19-9-20(12)14(13,17)18/h1-5,7-9H,6H2. The van der Waals surface area contributed by atoms with Crippen LogP contribution in [0.4, 0.5) is 17.6 Å². The fraction of sp³-hybridized carbons (Fsp3) is 0.214. The third-order valence-corrected chi connectivity index (χ3v) is 3.26. The summed E-state index contributed by atoms with van der Waals surface area (Å²) in [5.74, 6) is -4.23. The number of nitrogens with zero attached hydrogens (tertiary/aromatic N) is 2. The van der Waals surface area contributed by atoms with Crippen LogP contribution >= 0.6 is 0 Å². The van der Waals surface area contributed by atoms with E-state index in [2.05, 4.69) is 4.98 Å². The third-order valence-electron chi connectivity index (χ3n) is 3.26. The number of hydrogen-bond donors (Lipinski definition) is 0. The van der Waals surface area contributed by atoms with Crippen LogP contribution in [-0.4, -0.2) is 15.5 Å². The molecule has 3 rings (SSSR count). The molecule has 0 amide bonds. The highest BCUT2D eigenvalue weighted by Crippen LogP contribution is 2.46. The minimum absolute atomic E-state index is 0.0183. The second-order valence-electron chi connectivity index (χ2n) is 4.65. The number of halogens is 4. The maximum absolute atomic E-state index is 13.6. The first-order valence-electron chi connectivity index (χ1n) is 5.96. The minimum Gasteiger partial charge on any atom is -0.265 e. The summed E-state index contributed by atoms with van der Waals surface area (Å²) in [6.45, 7) is 0. The van der Waals surface area contributed by atoms with Crippen molar-refractivity contribution in [1.82, 2.24) is 9.55 Å². The SMILES string of the molecule is FC1(F)C=C(Cc2ccccc2)c2cncn2C1(F)F. The Hall–Kier alpha value is -2.11. The molecule has 0 unspecified atom stereocenters. The Labute approximate surface area is 112 Å². The lowest BCUT2D eigenvalue weighted by molar-refractivity contribution is -0.237. The number of alkyl halides is 4. The molecule has 0 spiro atoms. The molecule has 6 heteroatoms. The first kappa shape index (κ1) is 12.9. The smallest absolute Gasteiger partial charge is 0.265 e. The van der Waals surface area contributed by atoms with Crippen LogP contribution in [0.15, 0.2) is 48.9 Å². The van der Waals surface area contributed by atoms with Crippen LogP contribution in [0.25, 0.3) is 5.57 Å². The Kier molecular flexibility index (Phi) is 2.70. The lowest BCUT2D eigenvalue weighted by atomic mass is 9.97. The number of fused-ring (bicyclic) bond motifs is 1. The number of rotatable bonds is 2. The van der Waals surface area contributed by atoms with E-state index in [-0.39, 0.29) is 22.3 Å². The molecule has 0 bridgehead atoms. The monoisotopic (exact) mass is 282 g/mol. The number of aromatic nitrogens is 2. The molecule has 0 aliphatic carbocycles. The van der Waals surface area contributed by atoms with E-state index >= 15 is 0 Å². The lowest BCUT2D eigenvalue weighted by Crippen LogP contribution is -2.44. The van der Waals surface area contributed by atoms with E-state index in [0.29, 0.717) is 6.08 Å². The molecule has 0 radical (unpaired) electrons. The van der Waals surface area contributed by atoms with E-state index in [9.17, 15) is 17.6 Å². The molecule has 1 aromatic heterocycles. The fourth-order valence-corrected chi connectivity index (χ4v) is 2.25. The predicted molar refractivity (Wildman–Crippen MR) is 65.5 cm³/mol. The van der Waals surface area contributed by atoms with Gasteiger partial charge in [-0.15, -0.1) is 0 Å². The third kappa shape index (κ3) is 1.83. The van der Waals surface area contributed by atoms with Gasteiger partial charge in [-0.2, -0.15) is 17.6 Å². The second kappa shape index (κ2) is 4.19. The summed E-state index contributed by atoms with van der Waals surface area (Å²) in [4.78, 5) is 3.57. The van der Waals surface area contributed by atoms with Gasteiger partial charge in [0, 0.05) is 0 Å². The lowest BCUT2D eigenvalue weighted by Gasteiger charge is -2.31. The molecular formula is C14H10F4N2. The van der Waals surface area contributed by atoms with Crippen LogP contribution in [0.5, 0.6) is 0 Å². The van der Waals surface area contributed by atoms with Crippen LogP contribution in [0, 0.1) is 0 Å². The number of benzene rings is 1. The van der Waals surface area contributed by atoms with Crippen molar-refractivity contribution in [3.63, 3.8) is 0 Å². The van der Waals surface area contributed by atoms with Crippen LogP contribution in [0.2, 0.25) is 0 Å². The highest BCUT2D eigenvalue weighted by Gasteiger charge is 2.59. The largest absolute Gasteiger partial charge is 0.397 e. The van der Waals surface area contributed by atoms with Crippen LogP contribution < -0.4 is 0 Å². The molecule has 2 nitrogen and oxygen atoms in total. The minimum atomic E-state index is -4.29. The van der Waals surface area contributed by atoms with Gasteiger partial charge in [0.15, 0.2) is 0 Å². The molecule has 2 aromatic rings. The molecule has 20 heavy (non-hydrogen) atoms. The van der Waals surface area contributed by atoms with Gasteiger partial charge in [-0.05, 0) is 23.6 Å². The van der Waals surface area contributed by atoms with Crippen molar-refractivity contribution in [3.8, 4) is 0 Å². The summed E-state index contributed by atoms with van der Waals surface area (Å²) >= 11 is 0. The van der Waals surface area contributed by atoms with Crippen LogP contribution in [0.3, 0.4) is 0 Å². The van der Waals surface area contributed by atoms with E-state index in [1.54, 1.807) is 30.3 Å². The van der Waals surface area contributed by atoms with Crippen molar-refractivity contribution >= 4 is 5.57 Å².